The van der Waals surface area contributed by atoms with Gasteiger partial charge in [0.1, 0.15) is 0 Å². The van der Waals surface area contributed by atoms with E-state index in [1.807, 2.05) is 25.1 Å². The monoisotopic (exact) mass is 524 g/mol. The van der Waals surface area contributed by atoms with E-state index in [-0.39, 0.29) is 18.5 Å². The van der Waals surface area contributed by atoms with Gasteiger partial charge in [-0.1, -0.05) is 53.0 Å². The van der Waals surface area contributed by atoms with Gasteiger partial charge in [-0.3, -0.25) is 9.69 Å². The molecule has 204 valence electrons. The van der Waals surface area contributed by atoms with E-state index in [9.17, 15) is 18.3 Å². The molecule has 0 spiro atoms. The molecule has 8 nitrogen and oxygen atoms in total. The van der Waals surface area contributed by atoms with E-state index in [0.29, 0.717) is 50.5 Å². The molecule has 0 aromatic heterocycles. The molecule has 0 radical (unpaired) electrons. The van der Waals surface area contributed by atoms with Crippen LogP contribution in [0.5, 0.6) is 11.5 Å². The minimum Gasteiger partial charge on any atom is -0.481 e. The Kier molecular flexibility index (Phi) is 10.1. The van der Waals surface area contributed by atoms with Crippen molar-refractivity contribution >= 4 is 16.0 Å². The van der Waals surface area contributed by atoms with Crippen molar-refractivity contribution in [3.05, 3.63) is 23.8 Å². The Morgan fingerprint density at radius 2 is 1.83 bits per heavy atom. The van der Waals surface area contributed by atoms with Crippen molar-refractivity contribution in [1.82, 2.24) is 9.21 Å². The van der Waals surface area contributed by atoms with Gasteiger partial charge < -0.3 is 14.6 Å². The van der Waals surface area contributed by atoms with Crippen LogP contribution in [0.25, 0.3) is 0 Å². The van der Waals surface area contributed by atoms with Crippen LogP contribution in [0.3, 0.4) is 0 Å². The van der Waals surface area contributed by atoms with Crippen molar-refractivity contribution < 1.29 is 27.8 Å². The normalized spacial score (nSPS) is 24.0. The summed E-state index contributed by atoms with van der Waals surface area (Å²) in [5, 5.41) is 10.5. The first-order valence-electron chi connectivity index (χ1n) is 13.6. The van der Waals surface area contributed by atoms with Crippen LogP contribution < -0.4 is 9.47 Å². The van der Waals surface area contributed by atoms with Crippen molar-refractivity contribution in [3.8, 4) is 11.5 Å². The number of carboxylic acid groups (broad SMARTS) is 1. The molecule has 2 aliphatic rings. The lowest BCUT2D eigenvalue weighted by Crippen LogP contribution is -2.52. The Morgan fingerprint density at radius 3 is 2.47 bits per heavy atom. The Bertz CT molecular complexity index is 984. The smallest absolute Gasteiger partial charge is 0.309 e. The summed E-state index contributed by atoms with van der Waals surface area (Å²) < 4.78 is 38.9. The van der Waals surface area contributed by atoms with Crippen LogP contribution >= 0.6 is 0 Å². The fourth-order valence-corrected chi connectivity index (χ4v) is 7.80. The summed E-state index contributed by atoms with van der Waals surface area (Å²) in [7, 11) is -3.35. The van der Waals surface area contributed by atoms with Gasteiger partial charge in [0.15, 0.2) is 11.5 Å². The summed E-state index contributed by atoms with van der Waals surface area (Å²) in [6.45, 7) is 10.3. The highest BCUT2D eigenvalue weighted by molar-refractivity contribution is 7.89. The second kappa shape index (κ2) is 12.6. The first-order chi connectivity index (χ1) is 17.2. The van der Waals surface area contributed by atoms with Crippen molar-refractivity contribution in [3.63, 3.8) is 0 Å². The minimum absolute atomic E-state index is 0.173. The number of benzene rings is 1. The molecule has 0 aliphatic carbocycles. The minimum atomic E-state index is -3.35. The van der Waals surface area contributed by atoms with Crippen LogP contribution in [0.1, 0.15) is 84.1 Å². The van der Waals surface area contributed by atoms with Gasteiger partial charge >= 0.3 is 5.97 Å². The summed E-state index contributed by atoms with van der Waals surface area (Å²) in [5.74, 6) is -0.105. The van der Waals surface area contributed by atoms with Crippen molar-refractivity contribution in [2.45, 2.75) is 84.1 Å². The second-order valence-electron chi connectivity index (χ2n) is 10.1. The average Bonchev–Trinajstić information content (AvgIpc) is 3.44. The predicted octanol–water partition coefficient (Wildman–Crippen LogP) is 4.70. The molecule has 1 fully saturated rings. The summed E-state index contributed by atoms with van der Waals surface area (Å²) in [6.07, 6.45) is 5.59. The fourth-order valence-electron chi connectivity index (χ4n) is 6.16. The Labute approximate surface area is 217 Å². The number of nitrogens with zero attached hydrogens (tertiary/aromatic N) is 2. The third kappa shape index (κ3) is 6.00. The molecule has 3 atom stereocenters. The maximum absolute atomic E-state index is 13.1. The number of fused-ring (bicyclic) bond motifs is 1. The molecule has 2 aliphatic heterocycles. The first-order valence-corrected chi connectivity index (χ1v) is 15.2. The van der Waals surface area contributed by atoms with Crippen LogP contribution in [0.4, 0.5) is 0 Å². The highest BCUT2D eigenvalue weighted by atomic mass is 32.2. The molecule has 2 heterocycles. The second-order valence-corrected chi connectivity index (χ2v) is 12.2. The van der Waals surface area contributed by atoms with Crippen molar-refractivity contribution in [2.24, 2.45) is 5.92 Å². The van der Waals surface area contributed by atoms with Crippen LogP contribution in [-0.2, 0) is 14.8 Å². The largest absolute Gasteiger partial charge is 0.481 e. The summed E-state index contributed by atoms with van der Waals surface area (Å²) in [5.41, 5.74) is 0.395. The fraction of sp³-hybridized carbons (Fsp3) is 0.741. The van der Waals surface area contributed by atoms with Gasteiger partial charge in [-0.15, -0.1) is 0 Å². The number of hydrogen-bond donors (Lipinski definition) is 1. The summed E-state index contributed by atoms with van der Waals surface area (Å²) >= 11 is 0. The van der Waals surface area contributed by atoms with Gasteiger partial charge in [-0.25, -0.2) is 12.7 Å². The molecule has 0 saturated carbocycles. The lowest BCUT2D eigenvalue weighted by atomic mass is 9.73. The Morgan fingerprint density at radius 1 is 1.08 bits per heavy atom. The maximum Gasteiger partial charge on any atom is 0.309 e. The predicted molar refractivity (Wildman–Crippen MR) is 141 cm³/mol. The zero-order chi connectivity index (χ0) is 26.3. The number of carbonyl (C=O) groups is 1. The topological polar surface area (TPSA) is 96.4 Å². The molecule has 1 saturated heterocycles. The third-order valence-corrected chi connectivity index (χ3v) is 9.86. The van der Waals surface area contributed by atoms with Crippen LogP contribution in [0, 0.1) is 5.92 Å². The van der Waals surface area contributed by atoms with E-state index >= 15 is 0 Å². The van der Waals surface area contributed by atoms with Crippen molar-refractivity contribution in [1.29, 1.82) is 0 Å². The number of carboxylic acids is 1. The average molecular weight is 525 g/mol. The van der Waals surface area contributed by atoms with Gasteiger partial charge in [0, 0.05) is 37.6 Å². The van der Waals surface area contributed by atoms with Gasteiger partial charge in [-0.2, -0.15) is 0 Å². The zero-order valence-corrected chi connectivity index (χ0v) is 23.2. The molecule has 1 N–H and O–H groups in total. The number of ether oxygens (including phenoxy) is 2. The molecule has 36 heavy (non-hydrogen) atoms. The number of rotatable bonds is 15. The van der Waals surface area contributed by atoms with E-state index in [4.69, 9.17) is 9.47 Å². The summed E-state index contributed by atoms with van der Waals surface area (Å²) in [6, 6.07) is 5.73. The lowest BCUT2D eigenvalue weighted by molar-refractivity contribution is -0.146. The third-order valence-electron chi connectivity index (χ3n) is 7.91. The van der Waals surface area contributed by atoms with Crippen LogP contribution in [0.2, 0.25) is 0 Å². The highest BCUT2D eigenvalue weighted by Gasteiger charge is 2.55. The van der Waals surface area contributed by atoms with E-state index in [0.717, 1.165) is 37.7 Å². The van der Waals surface area contributed by atoms with Gasteiger partial charge in [-0.05, 0) is 43.4 Å². The quantitative estimate of drug-likeness (QED) is 0.332. The molecule has 3 rings (SSSR count). The molecular formula is C27H44N2O6S. The molecule has 1 aromatic rings. The molecule has 0 amide bonds. The number of hydrogen-bond acceptors (Lipinski definition) is 6. The lowest BCUT2D eigenvalue weighted by Gasteiger charge is -2.41. The molecule has 3 unspecified atom stereocenters. The van der Waals surface area contributed by atoms with E-state index in [1.165, 1.54) is 0 Å². The molecule has 9 heteroatoms. The molecule has 0 bridgehead atoms. The zero-order valence-electron chi connectivity index (χ0n) is 22.4. The number of aliphatic carboxylic acids is 1. The highest BCUT2D eigenvalue weighted by Crippen LogP contribution is 2.50. The van der Waals surface area contributed by atoms with Gasteiger partial charge in [0.25, 0.3) is 0 Å². The van der Waals surface area contributed by atoms with Crippen LogP contribution in [0.15, 0.2) is 18.2 Å². The maximum atomic E-state index is 13.1. The Hall–Kier alpha value is -1.84. The number of likely N-dealkylation sites (tertiary alicyclic amines) is 1. The SMILES string of the molecule is CCCCCS(=O)(=O)N(CCC)CCN1CC(c2ccc3c(c2)OCO3)C(C(=O)O)C1(CC)CCC. The van der Waals surface area contributed by atoms with Crippen LogP contribution in [-0.4, -0.2) is 73.0 Å². The molecule has 1 aromatic carbocycles. The first kappa shape index (κ1) is 28.7. The van der Waals surface area contributed by atoms with Gasteiger partial charge in [0.05, 0.1) is 11.7 Å². The standard InChI is InChI=1S/C27H44N2O6S/c1-5-9-10-17-36(32,33)29(14-7-3)16-15-28-19-22(21-11-12-23-24(18-21)35-20-34-23)25(26(30)31)27(28,8-4)13-6-2/h11-12,18,22,25H,5-10,13-17,19-20H2,1-4H3,(H,30,31). The van der Waals surface area contributed by atoms with E-state index in [2.05, 4.69) is 25.7 Å². The van der Waals surface area contributed by atoms with Crippen molar-refractivity contribution in [2.75, 3.05) is 38.7 Å². The number of sulfonamides is 1. The van der Waals surface area contributed by atoms with E-state index < -0.39 is 27.4 Å². The van der Waals surface area contributed by atoms with Gasteiger partial charge in [0.2, 0.25) is 16.8 Å². The summed E-state index contributed by atoms with van der Waals surface area (Å²) in [4.78, 5) is 15.0. The van der Waals surface area contributed by atoms with E-state index in [1.54, 1.807) is 4.31 Å². The molecular weight excluding hydrogens is 480 g/mol. The Balaban J connectivity index is 1.89. The number of unbranched alkanes of at least 4 members (excludes halogenated alkanes) is 2.